The van der Waals surface area contributed by atoms with E-state index < -0.39 is 0 Å². The first-order chi connectivity index (χ1) is 11.3. The molecular formula is C16H20N6OS. The Labute approximate surface area is 144 Å². The summed E-state index contributed by atoms with van der Waals surface area (Å²) in [6, 6.07) is 7.99. The second kappa shape index (κ2) is 6.27. The lowest BCUT2D eigenvalue weighted by Gasteiger charge is -2.10. The molecule has 0 fully saturated rings. The highest BCUT2D eigenvalue weighted by Crippen LogP contribution is 2.25. The highest BCUT2D eigenvalue weighted by atomic mass is 32.2. The number of aromatic nitrogens is 5. The van der Waals surface area contributed by atoms with Crippen LogP contribution in [0.5, 0.6) is 0 Å². The summed E-state index contributed by atoms with van der Waals surface area (Å²) in [4.78, 5) is 4.40. The minimum absolute atomic E-state index is 0.140. The summed E-state index contributed by atoms with van der Waals surface area (Å²) in [6.45, 7) is 8.16. The number of benzene rings is 1. The maximum absolute atomic E-state index is 6.12. The van der Waals surface area contributed by atoms with E-state index in [0.29, 0.717) is 28.4 Å². The number of hydrogen-bond acceptors (Lipinski definition) is 7. The lowest BCUT2D eigenvalue weighted by Crippen LogP contribution is -2.13. The summed E-state index contributed by atoms with van der Waals surface area (Å²) in [6.07, 6.45) is 0. The van der Waals surface area contributed by atoms with Gasteiger partial charge in [0.15, 0.2) is 11.6 Å². The summed E-state index contributed by atoms with van der Waals surface area (Å²) in [5.41, 5.74) is 1.97. The van der Waals surface area contributed by atoms with Crippen LogP contribution in [0, 0.1) is 6.92 Å². The van der Waals surface area contributed by atoms with Gasteiger partial charge in [0, 0.05) is 11.0 Å². The fourth-order valence-corrected chi connectivity index (χ4v) is 2.71. The van der Waals surface area contributed by atoms with Gasteiger partial charge in [0.25, 0.3) is 0 Å². The Hall–Kier alpha value is -2.35. The molecule has 0 aliphatic heterocycles. The first-order valence-electron chi connectivity index (χ1n) is 7.58. The van der Waals surface area contributed by atoms with Gasteiger partial charge in [-0.25, -0.2) is 4.68 Å². The molecule has 0 atom stereocenters. The van der Waals surface area contributed by atoms with E-state index in [1.807, 2.05) is 52.0 Å². The molecule has 126 valence electrons. The number of hydrogen-bond donors (Lipinski definition) is 1. The predicted molar refractivity (Wildman–Crippen MR) is 92.9 cm³/mol. The van der Waals surface area contributed by atoms with Gasteiger partial charge < -0.3 is 10.4 Å². The standard InChI is InChI=1S/C16H20N6OS/c1-10-5-7-11(8-6-10)13-19-20-15(22(13)17)24-9-12-18-14(21-23-12)16(2,3)4/h5-8H,9,17H2,1-4H3. The topological polar surface area (TPSA) is 95.6 Å². The van der Waals surface area contributed by atoms with Gasteiger partial charge >= 0.3 is 0 Å². The average Bonchev–Trinajstić information content (AvgIpc) is 3.13. The molecule has 1 aromatic carbocycles. The van der Waals surface area contributed by atoms with Gasteiger partial charge in [-0.15, -0.1) is 10.2 Å². The summed E-state index contributed by atoms with van der Waals surface area (Å²) in [7, 11) is 0. The second-order valence-corrected chi connectivity index (χ2v) is 7.54. The Balaban J connectivity index is 1.73. The first-order valence-corrected chi connectivity index (χ1v) is 8.56. The van der Waals surface area contributed by atoms with Crippen LogP contribution in [0.3, 0.4) is 0 Å². The fraction of sp³-hybridized carbons (Fsp3) is 0.375. The Kier molecular flexibility index (Phi) is 4.31. The molecule has 0 amide bonds. The molecule has 2 aromatic heterocycles. The van der Waals surface area contributed by atoms with Crippen LogP contribution in [0.2, 0.25) is 0 Å². The Morgan fingerprint density at radius 3 is 2.50 bits per heavy atom. The average molecular weight is 344 g/mol. The maximum atomic E-state index is 6.12. The van der Waals surface area contributed by atoms with Crippen molar-refractivity contribution in [1.29, 1.82) is 0 Å². The van der Waals surface area contributed by atoms with Crippen molar-refractivity contribution in [3.8, 4) is 11.4 Å². The van der Waals surface area contributed by atoms with E-state index in [-0.39, 0.29) is 5.41 Å². The molecule has 0 aliphatic rings. The molecule has 0 bridgehead atoms. The number of nitrogen functional groups attached to an aromatic ring is 1. The van der Waals surface area contributed by atoms with Crippen LogP contribution in [-0.4, -0.2) is 25.0 Å². The summed E-state index contributed by atoms with van der Waals surface area (Å²) in [5, 5.41) is 12.9. The van der Waals surface area contributed by atoms with Gasteiger partial charge in [0.1, 0.15) is 0 Å². The minimum atomic E-state index is -0.140. The summed E-state index contributed by atoms with van der Waals surface area (Å²) in [5.74, 6) is 8.47. The molecule has 0 radical (unpaired) electrons. The van der Waals surface area contributed by atoms with Gasteiger partial charge in [-0.05, 0) is 6.92 Å². The largest absolute Gasteiger partial charge is 0.338 e. The maximum Gasteiger partial charge on any atom is 0.237 e. The number of rotatable bonds is 4. The molecular weight excluding hydrogens is 324 g/mol. The van der Waals surface area contributed by atoms with E-state index in [1.165, 1.54) is 22.0 Å². The van der Waals surface area contributed by atoms with Crippen molar-refractivity contribution in [3.05, 3.63) is 41.5 Å². The third kappa shape index (κ3) is 3.43. The highest BCUT2D eigenvalue weighted by Gasteiger charge is 2.21. The van der Waals surface area contributed by atoms with Crippen molar-refractivity contribution in [2.24, 2.45) is 0 Å². The zero-order chi connectivity index (χ0) is 17.3. The zero-order valence-electron chi connectivity index (χ0n) is 14.1. The molecule has 0 aliphatic carbocycles. The first kappa shape index (κ1) is 16.5. The third-order valence-electron chi connectivity index (χ3n) is 3.44. The molecule has 0 saturated heterocycles. The van der Waals surface area contributed by atoms with Crippen LogP contribution in [0.1, 0.15) is 38.0 Å². The predicted octanol–water partition coefficient (Wildman–Crippen LogP) is 2.94. The van der Waals surface area contributed by atoms with E-state index in [0.717, 1.165) is 5.56 Å². The van der Waals surface area contributed by atoms with Crippen molar-refractivity contribution in [2.45, 2.75) is 44.0 Å². The van der Waals surface area contributed by atoms with Crippen LogP contribution >= 0.6 is 11.8 Å². The second-order valence-electron chi connectivity index (χ2n) is 6.59. The van der Waals surface area contributed by atoms with Crippen molar-refractivity contribution in [1.82, 2.24) is 25.0 Å². The molecule has 0 saturated carbocycles. The molecule has 0 spiro atoms. The van der Waals surface area contributed by atoms with Gasteiger partial charge in [-0.1, -0.05) is 67.5 Å². The van der Waals surface area contributed by atoms with Crippen LogP contribution in [0.4, 0.5) is 0 Å². The van der Waals surface area contributed by atoms with Crippen molar-refractivity contribution in [3.63, 3.8) is 0 Å². The number of aryl methyl sites for hydroxylation is 1. The summed E-state index contributed by atoms with van der Waals surface area (Å²) >= 11 is 1.41. The van der Waals surface area contributed by atoms with Crippen LogP contribution in [0.15, 0.2) is 33.9 Å². The smallest absolute Gasteiger partial charge is 0.237 e. The fourth-order valence-electron chi connectivity index (χ4n) is 2.02. The third-order valence-corrected chi connectivity index (χ3v) is 4.37. The van der Waals surface area contributed by atoms with Crippen LogP contribution < -0.4 is 5.84 Å². The van der Waals surface area contributed by atoms with Crippen molar-refractivity contribution in [2.75, 3.05) is 5.84 Å². The van der Waals surface area contributed by atoms with E-state index in [9.17, 15) is 0 Å². The molecule has 3 rings (SSSR count). The van der Waals surface area contributed by atoms with Gasteiger partial charge in [-0.2, -0.15) is 4.98 Å². The zero-order valence-corrected chi connectivity index (χ0v) is 15.0. The molecule has 2 heterocycles. The summed E-state index contributed by atoms with van der Waals surface area (Å²) < 4.78 is 6.76. The Morgan fingerprint density at radius 2 is 1.88 bits per heavy atom. The molecule has 0 unspecified atom stereocenters. The number of thioether (sulfide) groups is 1. The van der Waals surface area contributed by atoms with Gasteiger partial charge in [0.05, 0.1) is 5.75 Å². The Bertz CT molecular complexity index is 831. The highest BCUT2D eigenvalue weighted by molar-refractivity contribution is 7.98. The Morgan fingerprint density at radius 1 is 1.17 bits per heavy atom. The van der Waals surface area contributed by atoms with E-state index >= 15 is 0 Å². The van der Waals surface area contributed by atoms with Crippen LogP contribution in [-0.2, 0) is 11.2 Å². The van der Waals surface area contributed by atoms with Crippen LogP contribution in [0.25, 0.3) is 11.4 Å². The van der Waals surface area contributed by atoms with Gasteiger partial charge in [-0.3, -0.25) is 0 Å². The quantitative estimate of drug-likeness (QED) is 0.574. The number of nitrogens with zero attached hydrogens (tertiary/aromatic N) is 5. The van der Waals surface area contributed by atoms with E-state index in [1.54, 1.807) is 0 Å². The molecule has 24 heavy (non-hydrogen) atoms. The molecule has 3 aromatic rings. The van der Waals surface area contributed by atoms with Crippen molar-refractivity contribution < 1.29 is 4.52 Å². The lowest BCUT2D eigenvalue weighted by molar-refractivity contribution is 0.372. The minimum Gasteiger partial charge on any atom is -0.338 e. The van der Waals surface area contributed by atoms with E-state index in [2.05, 4.69) is 20.3 Å². The normalized spacial score (nSPS) is 11.8. The molecule has 8 heteroatoms. The molecule has 2 N–H and O–H groups in total. The monoisotopic (exact) mass is 344 g/mol. The number of nitrogens with two attached hydrogens (primary N) is 1. The molecule has 7 nitrogen and oxygen atoms in total. The SMILES string of the molecule is Cc1ccc(-c2nnc(SCc3nc(C(C)(C)C)no3)n2N)cc1. The van der Waals surface area contributed by atoms with Gasteiger partial charge in [0.2, 0.25) is 11.0 Å². The lowest BCUT2D eigenvalue weighted by atomic mass is 9.96. The van der Waals surface area contributed by atoms with Crippen molar-refractivity contribution >= 4 is 11.8 Å². The van der Waals surface area contributed by atoms with E-state index in [4.69, 9.17) is 10.4 Å².